The van der Waals surface area contributed by atoms with Gasteiger partial charge in [0.2, 0.25) is 5.91 Å². The second-order valence-electron chi connectivity index (χ2n) is 9.25. The monoisotopic (exact) mass is 526 g/mol. The maximum atomic E-state index is 13.4. The number of nitrogens with zero attached hydrogens (tertiary/aromatic N) is 4. The Morgan fingerprint density at radius 2 is 1.86 bits per heavy atom. The van der Waals surface area contributed by atoms with Crippen LogP contribution in [0, 0.1) is 5.92 Å². The van der Waals surface area contributed by atoms with Gasteiger partial charge in [0.1, 0.15) is 21.8 Å². The molecule has 0 bridgehead atoms. The number of likely N-dealkylation sites (N-methyl/N-ethyl adjacent to an activating group) is 1. The number of thiazole rings is 1. The van der Waals surface area contributed by atoms with Gasteiger partial charge in [0.25, 0.3) is 0 Å². The van der Waals surface area contributed by atoms with Crippen LogP contribution in [0.15, 0.2) is 24.3 Å². The summed E-state index contributed by atoms with van der Waals surface area (Å²) in [5.41, 5.74) is 2.16. The standard InChI is InChI=1S/C22H28N4O2S.C2HF3O2/c1-24-8-10-25(11-9-24)21(27)19-13-18-22(26(19)14-15-6-7-15)29-20(23-18)16-4-3-5-17(12-16)28-2;3-2(4,5)1(6)7/h3-5,12,15,19H,6-11,13-14H2,1-2H3;(H,6,7). The minimum Gasteiger partial charge on any atom is -0.497 e. The zero-order valence-corrected chi connectivity index (χ0v) is 20.9. The molecule has 1 atom stereocenters. The molecule has 8 nitrogen and oxygen atoms in total. The second-order valence-corrected chi connectivity index (χ2v) is 10.2. The van der Waals surface area contributed by atoms with Crippen molar-refractivity contribution in [2.45, 2.75) is 31.5 Å². The fourth-order valence-electron chi connectivity index (χ4n) is 4.26. The lowest BCUT2D eigenvalue weighted by Gasteiger charge is -2.36. The SMILES string of the molecule is COc1cccc(-c2nc3c(s2)N(CC2CC2)C(C(=O)N2CCN(C)CC2)C3)c1.O=C(O)C(F)(F)F. The number of carbonyl (C=O) groups is 2. The normalized spacial score (nSPS) is 20.0. The predicted octanol–water partition coefficient (Wildman–Crippen LogP) is 3.37. The lowest BCUT2D eigenvalue weighted by molar-refractivity contribution is -0.192. The molecular weight excluding hydrogens is 497 g/mol. The summed E-state index contributed by atoms with van der Waals surface area (Å²) < 4.78 is 37.1. The van der Waals surface area contributed by atoms with Gasteiger partial charge in [-0.05, 0) is 37.9 Å². The number of hydrogen-bond donors (Lipinski definition) is 1. The Morgan fingerprint density at radius 3 is 2.44 bits per heavy atom. The number of carboxylic acids is 1. The molecule has 196 valence electrons. The summed E-state index contributed by atoms with van der Waals surface area (Å²) in [6.07, 6.45) is -1.79. The van der Waals surface area contributed by atoms with E-state index in [4.69, 9.17) is 19.6 Å². The van der Waals surface area contributed by atoms with Crippen LogP contribution < -0.4 is 9.64 Å². The first-order valence-electron chi connectivity index (χ1n) is 11.7. The molecule has 3 heterocycles. The number of carboxylic acid groups (broad SMARTS) is 1. The van der Waals surface area contributed by atoms with Crippen molar-refractivity contribution in [3.63, 3.8) is 0 Å². The van der Waals surface area contributed by atoms with Gasteiger partial charge in [0.15, 0.2) is 0 Å². The van der Waals surface area contributed by atoms with Gasteiger partial charge in [-0.15, -0.1) is 0 Å². The maximum absolute atomic E-state index is 13.4. The van der Waals surface area contributed by atoms with Crippen molar-refractivity contribution in [2.24, 2.45) is 5.92 Å². The number of ether oxygens (including phenoxy) is 1. The Morgan fingerprint density at radius 1 is 1.19 bits per heavy atom. The summed E-state index contributed by atoms with van der Waals surface area (Å²) in [5, 5.41) is 9.34. The molecule has 0 radical (unpaired) electrons. The molecule has 2 aromatic rings. The fraction of sp³-hybridized carbons (Fsp3) is 0.542. The zero-order valence-electron chi connectivity index (χ0n) is 20.1. The number of halogens is 3. The predicted molar refractivity (Wildman–Crippen MR) is 129 cm³/mol. The van der Waals surface area contributed by atoms with Gasteiger partial charge in [-0.2, -0.15) is 13.2 Å². The van der Waals surface area contributed by atoms with E-state index in [1.165, 1.54) is 17.8 Å². The van der Waals surface area contributed by atoms with E-state index in [1.807, 2.05) is 18.2 Å². The van der Waals surface area contributed by atoms with Crippen LogP contribution in [-0.4, -0.2) is 90.9 Å². The average Bonchev–Trinajstić information content (AvgIpc) is 3.47. The van der Waals surface area contributed by atoms with E-state index in [2.05, 4.69) is 27.8 Å². The highest BCUT2D eigenvalue weighted by Crippen LogP contribution is 2.44. The van der Waals surface area contributed by atoms with Gasteiger partial charge >= 0.3 is 12.1 Å². The molecule has 3 aliphatic rings. The molecule has 1 aliphatic carbocycles. The molecule has 1 aromatic carbocycles. The number of amides is 1. The number of anilines is 1. The van der Waals surface area contributed by atoms with E-state index in [0.29, 0.717) is 0 Å². The van der Waals surface area contributed by atoms with Crippen molar-refractivity contribution >= 4 is 28.2 Å². The van der Waals surface area contributed by atoms with Gasteiger partial charge in [0.05, 0.1) is 12.8 Å². The largest absolute Gasteiger partial charge is 0.497 e. The molecule has 1 amide bonds. The van der Waals surface area contributed by atoms with Gasteiger partial charge in [-0.3, -0.25) is 4.79 Å². The number of methoxy groups -OCH3 is 1. The number of carbonyl (C=O) groups excluding carboxylic acids is 1. The Hall–Kier alpha value is -2.86. The highest BCUT2D eigenvalue weighted by molar-refractivity contribution is 7.19. The third-order valence-electron chi connectivity index (χ3n) is 6.51. The first-order valence-corrected chi connectivity index (χ1v) is 12.6. The van der Waals surface area contributed by atoms with Crippen LogP contribution in [0.25, 0.3) is 10.6 Å². The van der Waals surface area contributed by atoms with Crippen molar-refractivity contribution in [2.75, 3.05) is 51.8 Å². The molecule has 1 saturated carbocycles. The molecule has 36 heavy (non-hydrogen) atoms. The van der Waals surface area contributed by atoms with Crippen molar-refractivity contribution in [3.8, 4) is 16.3 Å². The second kappa shape index (κ2) is 10.6. The van der Waals surface area contributed by atoms with Gasteiger partial charge in [-0.25, -0.2) is 9.78 Å². The van der Waals surface area contributed by atoms with Crippen molar-refractivity contribution < 1.29 is 32.6 Å². The van der Waals surface area contributed by atoms with E-state index >= 15 is 0 Å². The summed E-state index contributed by atoms with van der Waals surface area (Å²) in [5.74, 6) is -0.902. The molecule has 0 spiro atoms. The molecular formula is C24H29F3N4O4S. The molecule has 1 N–H and O–H groups in total. The van der Waals surface area contributed by atoms with Gasteiger partial charge < -0.3 is 24.5 Å². The summed E-state index contributed by atoms with van der Waals surface area (Å²) in [6, 6.07) is 7.99. The first kappa shape index (κ1) is 26.2. The third-order valence-corrected chi connectivity index (χ3v) is 7.70. The van der Waals surface area contributed by atoms with Crippen LogP contribution in [0.2, 0.25) is 0 Å². The molecule has 1 unspecified atom stereocenters. The highest BCUT2D eigenvalue weighted by Gasteiger charge is 2.42. The Kier molecular flexibility index (Phi) is 7.74. The highest BCUT2D eigenvalue weighted by atomic mass is 32.1. The minimum absolute atomic E-state index is 0.0767. The van der Waals surface area contributed by atoms with Crippen molar-refractivity contribution in [3.05, 3.63) is 30.0 Å². The Balaban J connectivity index is 0.000000384. The van der Waals surface area contributed by atoms with E-state index in [9.17, 15) is 18.0 Å². The van der Waals surface area contributed by atoms with Crippen molar-refractivity contribution in [1.82, 2.24) is 14.8 Å². The number of benzene rings is 1. The van der Waals surface area contributed by atoms with Crippen molar-refractivity contribution in [1.29, 1.82) is 0 Å². The van der Waals surface area contributed by atoms with E-state index in [-0.39, 0.29) is 11.9 Å². The van der Waals surface area contributed by atoms with Crippen LogP contribution in [0.1, 0.15) is 18.5 Å². The first-order chi connectivity index (χ1) is 17.1. The summed E-state index contributed by atoms with van der Waals surface area (Å²) >= 11 is 1.72. The summed E-state index contributed by atoms with van der Waals surface area (Å²) in [7, 11) is 3.81. The Bertz CT molecular complexity index is 1100. The summed E-state index contributed by atoms with van der Waals surface area (Å²) in [6.45, 7) is 4.57. The quantitative estimate of drug-likeness (QED) is 0.640. The molecule has 1 saturated heterocycles. The third kappa shape index (κ3) is 6.09. The number of hydrogen-bond acceptors (Lipinski definition) is 7. The maximum Gasteiger partial charge on any atom is 0.490 e. The zero-order chi connectivity index (χ0) is 26.0. The van der Waals surface area contributed by atoms with E-state index in [1.54, 1.807) is 18.4 Å². The van der Waals surface area contributed by atoms with Crippen LogP contribution in [0.3, 0.4) is 0 Å². The molecule has 1 aromatic heterocycles. The molecule has 5 rings (SSSR count). The van der Waals surface area contributed by atoms with Crippen LogP contribution in [0.4, 0.5) is 18.2 Å². The van der Waals surface area contributed by atoms with Gasteiger partial charge in [0, 0.05) is 44.7 Å². The fourth-order valence-corrected chi connectivity index (χ4v) is 5.41. The molecule has 2 fully saturated rings. The van der Waals surface area contributed by atoms with Crippen LogP contribution in [0.5, 0.6) is 5.75 Å². The smallest absolute Gasteiger partial charge is 0.490 e. The lowest BCUT2D eigenvalue weighted by Crippen LogP contribution is -2.54. The number of aromatic nitrogens is 1. The number of rotatable bonds is 5. The Labute approximate surface area is 211 Å². The molecule has 12 heteroatoms. The number of aliphatic carboxylic acids is 1. The average molecular weight is 527 g/mol. The van der Waals surface area contributed by atoms with Gasteiger partial charge in [-0.1, -0.05) is 23.5 Å². The molecule has 2 aliphatic heterocycles. The van der Waals surface area contributed by atoms with E-state index in [0.717, 1.165) is 67.1 Å². The minimum atomic E-state index is -5.08. The lowest BCUT2D eigenvalue weighted by atomic mass is 10.1. The van der Waals surface area contributed by atoms with E-state index < -0.39 is 12.1 Å². The number of fused-ring (bicyclic) bond motifs is 1. The number of piperazine rings is 1. The number of alkyl halides is 3. The topological polar surface area (TPSA) is 86.2 Å². The van der Waals surface area contributed by atoms with Crippen LogP contribution in [-0.2, 0) is 16.0 Å². The summed E-state index contributed by atoms with van der Waals surface area (Å²) in [4.78, 5) is 33.9. The van der Waals surface area contributed by atoms with Crippen LogP contribution >= 0.6 is 11.3 Å².